The van der Waals surface area contributed by atoms with Gasteiger partial charge in [-0.15, -0.1) is 11.3 Å². The quantitative estimate of drug-likeness (QED) is 0.734. The van der Waals surface area contributed by atoms with E-state index in [0.29, 0.717) is 22.5 Å². The third-order valence-electron chi connectivity index (χ3n) is 4.63. The minimum absolute atomic E-state index is 0.265. The van der Waals surface area contributed by atoms with Crippen LogP contribution in [0.25, 0.3) is 21.3 Å². The number of fused-ring (bicyclic) bond motifs is 1. The fourth-order valence-electron chi connectivity index (χ4n) is 3.19. The van der Waals surface area contributed by atoms with Gasteiger partial charge in [0, 0.05) is 16.9 Å². The van der Waals surface area contributed by atoms with Gasteiger partial charge in [-0.1, -0.05) is 25.1 Å². The molecule has 3 aromatic rings. The summed E-state index contributed by atoms with van der Waals surface area (Å²) in [4.78, 5) is 30.8. The summed E-state index contributed by atoms with van der Waals surface area (Å²) in [6.45, 7) is 7.70. The van der Waals surface area contributed by atoms with Crippen LogP contribution in [-0.4, -0.2) is 20.6 Å². The number of nitrogens with zero attached hydrogens (tertiary/aromatic N) is 2. The van der Waals surface area contributed by atoms with E-state index in [1.807, 2.05) is 32.9 Å². The maximum absolute atomic E-state index is 13.2. The summed E-state index contributed by atoms with van der Waals surface area (Å²) in [5, 5.41) is 9.75. The Morgan fingerprint density at radius 2 is 1.96 bits per heavy atom. The van der Waals surface area contributed by atoms with Gasteiger partial charge in [-0.2, -0.15) is 0 Å². The average molecular weight is 370 g/mol. The topological polar surface area (TPSA) is 72.2 Å². The molecule has 136 valence electrons. The summed E-state index contributed by atoms with van der Waals surface area (Å²) < 4.78 is 1.31. The van der Waals surface area contributed by atoms with E-state index in [1.54, 1.807) is 0 Å². The van der Waals surface area contributed by atoms with Gasteiger partial charge in [0.2, 0.25) is 0 Å². The first-order valence-electron chi connectivity index (χ1n) is 8.65. The number of hydrogen-bond donors (Lipinski definition) is 1. The van der Waals surface area contributed by atoms with E-state index in [1.165, 1.54) is 21.5 Å². The van der Waals surface area contributed by atoms with Crippen LogP contribution in [0.1, 0.15) is 35.2 Å². The number of hydrogen-bond acceptors (Lipinski definition) is 4. The monoisotopic (exact) mass is 370 g/mol. The molecule has 0 aliphatic rings. The fraction of sp³-hybridized carbons (Fsp3) is 0.350. The van der Waals surface area contributed by atoms with Crippen LogP contribution in [0, 0.1) is 20.8 Å². The third kappa shape index (κ3) is 3.17. The van der Waals surface area contributed by atoms with E-state index in [-0.39, 0.29) is 12.1 Å². The lowest BCUT2D eigenvalue weighted by atomic mass is 9.99. The lowest BCUT2D eigenvalue weighted by Crippen LogP contribution is -2.28. The zero-order valence-corrected chi connectivity index (χ0v) is 16.2. The zero-order chi connectivity index (χ0) is 19.0. The molecule has 26 heavy (non-hydrogen) atoms. The van der Waals surface area contributed by atoms with Crippen molar-refractivity contribution in [2.24, 2.45) is 0 Å². The Kier molecular flexibility index (Phi) is 4.96. The standard InChI is InChI=1S/C20H22N2O3S/c1-5-6-15-21-19-18(20(25)22(15)10-16(23)24)17(13(4)26-19)14-8-7-11(2)12(3)9-14/h7-9H,5-6,10H2,1-4H3,(H,23,24). The Labute approximate surface area is 155 Å². The van der Waals surface area contributed by atoms with Gasteiger partial charge in [-0.25, -0.2) is 4.98 Å². The summed E-state index contributed by atoms with van der Waals surface area (Å²) in [5.74, 6) is -0.495. The Morgan fingerprint density at radius 3 is 2.58 bits per heavy atom. The van der Waals surface area contributed by atoms with Crippen molar-refractivity contribution < 1.29 is 9.90 Å². The van der Waals surface area contributed by atoms with Gasteiger partial charge in [0.15, 0.2) is 0 Å². The number of aromatic nitrogens is 2. The Hall–Kier alpha value is -2.47. The molecule has 0 aliphatic carbocycles. The number of aryl methyl sites for hydroxylation is 4. The molecular formula is C20H22N2O3S. The van der Waals surface area contributed by atoms with Crippen molar-refractivity contribution >= 4 is 27.5 Å². The maximum Gasteiger partial charge on any atom is 0.323 e. The van der Waals surface area contributed by atoms with Crippen molar-refractivity contribution in [1.29, 1.82) is 0 Å². The first-order chi connectivity index (χ1) is 12.3. The number of carboxylic acid groups (broad SMARTS) is 1. The summed E-state index contributed by atoms with van der Waals surface area (Å²) in [5.41, 5.74) is 3.92. The molecule has 2 aromatic heterocycles. The second-order valence-electron chi connectivity index (χ2n) is 6.58. The van der Waals surface area contributed by atoms with E-state index in [2.05, 4.69) is 18.0 Å². The molecule has 5 nitrogen and oxygen atoms in total. The number of carboxylic acids is 1. The van der Waals surface area contributed by atoms with E-state index in [9.17, 15) is 14.7 Å². The fourth-order valence-corrected chi connectivity index (χ4v) is 4.25. The second-order valence-corrected chi connectivity index (χ2v) is 7.78. The molecule has 0 radical (unpaired) electrons. The van der Waals surface area contributed by atoms with E-state index in [0.717, 1.165) is 28.0 Å². The third-order valence-corrected chi connectivity index (χ3v) is 5.63. The second kappa shape index (κ2) is 7.03. The molecule has 0 saturated carbocycles. The molecule has 3 rings (SSSR count). The summed E-state index contributed by atoms with van der Waals surface area (Å²) in [7, 11) is 0. The number of benzene rings is 1. The van der Waals surface area contributed by atoms with Gasteiger partial charge >= 0.3 is 5.97 Å². The van der Waals surface area contributed by atoms with Gasteiger partial charge in [-0.05, 0) is 43.9 Å². The summed E-state index contributed by atoms with van der Waals surface area (Å²) in [6, 6.07) is 6.13. The number of carbonyl (C=O) groups is 1. The molecule has 0 atom stereocenters. The Morgan fingerprint density at radius 1 is 1.23 bits per heavy atom. The van der Waals surface area contributed by atoms with Crippen LogP contribution in [-0.2, 0) is 17.8 Å². The van der Waals surface area contributed by atoms with Crippen LogP contribution < -0.4 is 5.56 Å². The highest BCUT2D eigenvalue weighted by Gasteiger charge is 2.20. The highest BCUT2D eigenvalue weighted by molar-refractivity contribution is 7.19. The molecule has 6 heteroatoms. The van der Waals surface area contributed by atoms with Crippen molar-refractivity contribution in [3.63, 3.8) is 0 Å². The van der Waals surface area contributed by atoms with Crippen LogP contribution in [0.15, 0.2) is 23.0 Å². The first-order valence-corrected chi connectivity index (χ1v) is 9.47. The van der Waals surface area contributed by atoms with Gasteiger partial charge in [-0.3, -0.25) is 14.2 Å². The first kappa shape index (κ1) is 18.3. The largest absolute Gasteiger partial charge is 0.480 e. The SMILES string of the molecule is CCCc1nc2sc(C)c(-c3ccc(C)c(C)c3)c2c(=O)n1CC(=O)O. The van der Waals surface area contributed by atoms with Gasteiger partial charge in [0.25, 0.3) is 5.56 Å². The molecule has 0 spiro atoms. The van der Waals surface area contributed by atoms with Crippen molar-refractivity contribution in [2.75, 3.05) is 0 Å². The predicted molar refractivity (Wildman–Crippen MR) is 105 cm³/mol. The molecule has 0 bridgehead atoms. The lowest BCUT2D eigenvalue weighted by Gasteiger charge is -2.11. The van der Waals surface area contributed by atoms with Crippen molar-refractivity contribution in [3.05, 3.63) is 50.4 Å². The summed E-state index contributed by atoms with van der Waals surface area (Å²) >= 11 is 1.49. The van der Waals surface area contributed by atoms with Gasteiger partial charge in [0.05, 0.1) is 5.39 Å². The molecule has 0 saturated heterocycles. The Balaban J connectivity index is 2.34. The minimum Gasteiger partial charge on any atom is -0.480 e. The highest BCUT2D eigenvalue weighted by Crippen LogP contribution is 2.36. The number of aliphatic carboxylic acids is 1. The molecule has 0 amide bonds. The van der Waals surface area contributed by atoms with Gasteiger partial charge in [0.1, 0.15) is 17.2 Å². The molecule has 0 unspecified atom stereocenters. The van der Waals surface area contributed by atoms with Crippen molar-refractivity contribution in [2.45, 2.75) is 47.1 Å². The summed E-state index contributed by atoms with van der Waals surface area (Å²) in [6.07, 6.45) is 1.38. The number of rotatable bonds is 5. The van der Waals surface area contributed by atoms with Crippen LogP contribution in [0.3, 0.4) is 0 Å². The molecular weight excluding hydrogens is 348 g/mol. The smallest absolute Gasteiger partial charge is 0.323 e. The van der Waals surface area contributed by atoms with E-state index >= 15 is 0 Å². The molecule has 0 aliphatic heterocycles. The zero-order valence-electron chi connectivity index (χ0n) is 15.4. The normalized spacial score (nSPS) is 11.2. The minimum atomic E-state index is -1.04. The van der Waals surface area contributed by atoms with Gasteiger partial charge < -0.3 is 5.11 Å². The highest BCUT2D eigenvalue weighted by atomic mass is 32.1. The van der Waals surface area contributed by atoms with Crippen LogP contribution >= 0.6 is 11.3 Å². The molecule has 0 fully saturated rings. The Bertz CT molecular complexity index is 1060. The van der Waals surface area contributed by atoms with E-state index in [4.69, 9.17) is 0 Å². The predicted octanol–water partition coefficient (Wildman–Crippen LogP) is 4.09. The maximum atomic E-state index is 13.2. The van der Waals surface area contributed by atoms with Crippen LogP contribution in [0.5, 0.6) is 0 Å². The van der Waals surface area contributed by atoms with Crippen LogP contribution in [0.2, 0.25) is 0 Å². The van der Waals surface area contributed by atoms with E-state index < -0.39 is 5.97 Å². The molecule has 2 heterocycles. The lowest BCUT2D eigenvalue weighted by molar-refractivity contribution is -0.137. The number of thiophene rings is 1. The van der Waals surface area contributed by atoms with Crippen molar-refractivity contribution in [3.8, 4) is 11.1 Å². The average Bonchev–Trinajstić information content (AvgIpc) is 2.90. The molecule has 1 aromatic carbocycles. The molecule has 1 N–H and O–H groups in total. The van der Waals surface area contributed by atoms with Crippen molar-refractivity contribution in [1.82, 2.24) is 9.55 Å². The van der Waals surface area contributed by atoms with Crippen LogP contribution in [0.4, 0.5) is 0 Å².